The Balaban J connectivity index is 2.80. The maximum Gasteiger partial charge on any atom is 0.205 e. The van der Waals surface area contributed by atoms with Crippen LogP contribution in [0.3, 0.4) is 0 Å². The Labute approximate surface area is 51.7 Å². The third kappa shape index (κ3) is 1.08. The zero-order valence-electron chi connectivity index (χ0n) is 4.47. The molecule has 1 heterocycles. The van der Waals surface area contributed by atoms with E-state index in [0.29, 0.717) is 0 Å². The number of terminal acetylenes is 1. The second kappa shape index (κ2) is 2.31. The molecule has 0 bridgehead atoms. The van der Waals surface area contributed by atoms with E-state index in [2.05, 4.69) is 15.9 Å². The molecule has 3 heteroatoms. The highest BCUT2D eigenvalue weighted by atomic mass is 19.1. The third-order valence-corrected chi connectivity index (χ3v) is 0.817. The van der Waals surface area contributed by atoms with Crippen LogP contribution in [0.1, 0.15) is 11.9 Å². The maximum absolute atomic E-state index is 12.3. The summed E-state index contributed by atoms with van der Waals surface area (Å²) in [7, 11) is 0. The van der Waals surface area contributed by atoms with Gasteiger partial charge in [-0.1, -0.05) is 11.1 Å². The molecule has 0 aliphatic rings. The van der Waals surface area contributed by atoms with Gasteiger partial charge in [-0.3, -0.25) is 0 Å². The quantitative estimate of drug-likeness (QED) is 0.524. The van der Waals surface area contributed by atoms with Crippen LogP contribution in [-0.4, -0.2) is 5.16 Å². The van der Waals surface area contributed by atoms with Gasteiger partial charge in [0.15, 0.2) is 0 Å². The minimum Gasteiger partial charge on any atom is -0.352 e. The monoisotopic (exact) mass is 124 g/mol. The Morgan fingerprint density at radius 2 is 2.78 bits per heavy atom. The van der Waals surface area contributed by atoms with Crippen LogP contribution in [0, 0.1) is 18.6 Å². The fourth-order valence-corrected chi connectivity index (χ4v) is 0.397. The minimum atomic E-state index is -1.47. The third-order valence-electron chi connectivity index (χ3n) is 0.817. The first-order valence-electron chi connectivity index (χ1n) is 2.27. The van der Waals surface area contributed by atoms with Crippen molar-refractivity contribution >= 4 is 0 Å². The molecule has 0 saturated carbocycles. The van der Waals surface area contributed by atoms with Gasteiger partial charge in [0.2, 0.25) is 12.4 Å². The summed E-state index contributed by atoms with van der Waals surface area (Å²) in [5.41, 5.74) is 0.0949. The number of hydrogen-bond donors (Lipinski definition) is 0. The zero-order valence-corrected chi connectivity index (χ0v) is 4.47. The van der Waals surface area contributed by atoms with E-state index in [9.17, 15) is 4.39 Å². The fraction of sp³-hybridized carbons (Fsp3) is 0.167. The summed E-state index contributed by atoms with van der Waals surface area (Å²) in [6.45, 7) is 0. The molecule has 0 aromatic carbocycles. The highest BCUT2D eigenvalue weighted by Gasteiger charge is 2.07. The summed E-state index contributed by atoms with van der Waals surface area (Å²) < 4.78 is 16.5. The van der Waals surface area contributed by atoms with Gasteiger partial charge in [0.25, 0.3) is 0 Å². The van der Waals surface area contributed by atoms with Crippen molar-refractivity contribution in [2.75, 3.05) is 0 Å². The van der Waals surface area contributed by atoms with Crippen molar-refractivity contribution in [1.29, 1.82) is 0 Å². The summed E-state index contributed by atoms with van der Waals surface area (Å²) >= 11 is 0. The predicted molar refractivity (Wildman–Crippen MR) is 28.0 cm³/mol. The lowest BCUT2D eigenvalue weighted by Crippen LogP contribution is -1.85. The normalized spacial score (nSPS) is 12.4. The Morgan fingerprint density at radius 1 is 2.00 bits per heavy atom. The highest BCUT2D eigenvalue weighted by molar-refractivity contribution is 5.11. The number of halogens is 1. The summed E-state index contributed by atoms with van der Waals surface area (Å²) in [4.78, 5) is 0. The first kappa shape index (κ1) is 5.83. The van der Waals surface area contributed by atoms with Crippen molar-refractivity contribution in [3.63, 3.8) is 0 Å². The summed E-state index contributed by atoms with van der Waals surface area (Å²) in [6, 6.07) is 1.27. The van der Waals surface area contributed by atoms with Gasteiger partial charge in [-0.25, -0.2) is 4.39 Å². The summed E-state index contributed by atoms with van der Waals surface area (Å²) in [5.74, 6) is 1.86. The van der Waals surface area contributed by atoms with Gasteiger partial charge in [-0.05, 0) is 0 Å². The Kier molecular flexibility index (Phi) is 1.50. The smallest absolute Gasteiger partial charge is 0.205 e. The topological polar surface area (TPSA) is 26.0 Å². The molecule has 1 atom stereocenters. The van der Waals surface area contributed by atoms with Crippen LogP contribution < -0.4 is 0 Å². The molecule has 1 rings (SSSR count). The van der Waals surface area contributed by atoms with E-state index < -0.39 is 6.17 Å². The fourth-order valence-electron chi connectivity index (χ4n) is 0.397. The van der Waals surface area contributed by atoms with Crippen LogP contribution in [0.2, 0.25) is 0 Å². The molecule has 0 aliphatic heterocycles. The molecule has 1 aromatic heterocycles. The Bertz CT molecular complexity index is 211. The van der Waals surface area contributed by atoms with E-state index in [4.69, 9.17) is 6.42 Å². The van der Waals surface area contributed by atoms with Crippen LogP contribution >= 0.6 is 0 Å². The van der Waals surface area contributed by atoms with Gasteiger partial charge >= 0.3 is 0 Å². The molecule has 45 valence electrons. The second-order valence-electron chi connectivity index (χ2n) is 1.40. The average molecular weight is 124 g/mol. The van der Waals surface area contributed by atoms with Gasteiger partial charge in [-0.15, -0.1) is 6.42 Å². The van der Waals surface area contributed by atoms with Gasteiger partial charge in [0, 0.05) is 6.07 Å². The van der Waals surface area contributed by atoms with Crippen molar-refractivity contribution in [1.82, 2.24) is 5.16 Å². The lowest BCUT2D eigenvalue weighted by Gasteiger charge is -1.88. The summed E-state index contributed by atoms with van der Waals surface area (Å²) in [5, 5.41) is 3.24. The lowest BCUT2D eigenvalue weighted by molar-refractivity contribution is 0.364. The Hall–Kier alpha value is -1.30. The van der Waals surface area contributed by atoms with E-state index in [0.717, 1.165) is 0 Å². The van der Waals surface area contributed by atoms with Crippen molar-refractivity contribution in [2.24, 2.45) is 0 Å². The lowest BCUT2D eigenvalue weighted by atomic mass is 10.3. The van der Waals surface area contributed by atoms with E-state index in [-0.39, 0.29) is 5.69 Å². The van der Waals surface area contributed by atoms with Crippen LogP contribution in [0.4, 0.5) is 4.39 Å². The molecular formula is C6H3FNO. The van der Waals surface area contributed by atoms with Crippen molar-refractivity contribution in [3.05, 3.63) is 18.0 Å². The molecule has 0 N–H and O–H groups in total. The van der Waals surface area contributed by atoms with Crippen molar-refractivity contribution in [2.45, 2.75) is 6.17 Å². The first-order chi connectivity index (χ1) is 4.34. The maximum atomic E-state index is 12.3. The van der Waals surface area contributed by atoms with Crippen molar-refractivity contribution in [3.8, 4) is 12.3 Å². The molecule has 0 fully saturated rings. The van der Waals surface area contributed by atoms with Gasteiger partial charge in [-0.2, -0.15) is 0 Å². The van der Waals surface area contributed by atoms with Gasteiger partial charge < -0.3 is 4.52 Å². The standard InChI is InChI=1S/C6H3FNO/c1-2-5(7)6-3-4-9-8-6/h1,3,5H. The molecule has 0 saturated heterocycles. The first-order valence-corrected chi connectivity index (χ1v) is 2.27. The number of hydrogen-bond acceptors (Lipinski definition) is 2. The molecule has 1 aromatic rings. The van der Waals surface area contributed by atoms with Crippen molar-refractivity contribution < 1.29 is 8.91 Å². The van der Waals surface area contributed by atoms with Crippen LogP contribution in [0.15, 0.2) is 10.6 Å². The van der Waals surface area contributed by atoms with E-state index in [1.165, 1.54) is 6.07 Å². The zero-order chi connectivity index (χ0) is 6.69. The predicted octanol–water partition coefficient (Wildman–Crippen LogP) is 1.12. The Morgan fingerprint density at radius 3 is 3.22 bits per heavy atom. The largest absolute Gasteiger partial charge is 0.352 e. The molecule has 1 radical (unpaired) electrons. The van der Waals surface area contributed by atoms with Gasteiger partial charge in [0.1, 0.15) is 5.69 Å². The molecule has 2 nitrogen and oxygen atoms in total. The number of nitrogens with zero attached hydrogens (tertiary/aromatic N) is 1. The second-order valence-corrected chi connectivity index (χ2v) is 1.40. The molecule has 9 heavy (non-hydrogen) atoms. The van der Waals surface area contributed by atoms with Gasteiger partial charge in [0.05, 0.1) is 0 Å². The molecular weight excluding hydrogens is 121 g/mol. The molecule has 1 unspecified atom stereocenters. The summed E-state index contributed by atoms with van der Waals surface area (Å²) in [6.07, 6.45) is 5.49. The number of aromatic nitrogens is 1. The molecule has 0 amide bonds. The SMILES string of the molecule is C#CC(F)c1c[c]on1. The van der Waals surface area contributed by atoms with Crippen LogP contribution in [-0.2, 0) is 0 Å². The molecule has 0 aliphatic carbocycles. The van der Waals surface area contributed by atoms with Crippen LogP contribution in [0.25, 0.3) is 0 Å². The highest BCUT2D eigenvalue weighted by Crippen LogP contribution is 2.11. The van der Waals surface area contributed by atoms with E-state index in [1.54, 1.807) is 0 Å². The van der Waals surface area contributed by atoms with E-state index in [1.807, 2.05) is 5.92 Å². The number of alkyl halides is 1. The molecule has 0 spiro atoms. The minimum absolute atomic E-state index is 0.0949. The van der Waals surface area contributed by atoms with Crippen LogP contribution in [0.5, 0.6) is 0 Å². The average Bonchev–Trinajstić information content (AvgIpc) is 2.37. The van der Waals surface area contributed by atoms with E-state index >= 15 is 0 Å². The number of rotatable bonds is 1.